The molecular formula is C14H17N3O2. The number of nitrogens with one attached hydrogen (secondary N) is 1. The Labute approximate surface area is 111 Å². The number of anilines is 1. The van der Waals surface area contributed by atoms with Crippen LogP contribution in [-0.2, 0) is 10.2 Å². The molecule has 5 heteroatoms. The first-order chi connectivity index (χ1) is 9.19. The van der Waals surface area contributed by atoms with E-state index >= 15 is 0 Å². The van der Waals surface area contributed by atoms with Crippen LogP contribution in [0.1, 0.15) is 55.8 Å². The van der Waals surface area contributed by atoms with E-state index in [4.69, 9.17) is 0 Å². The predicted molar refractivity (Wildman–Crippen MR) is 68.8 cm³/mol. The minimum absolute atomic E-state index is 0.0811. The van der Waals surface area contributed by atoms with E-state index in [9.17, 15) is 9.90 Å². The molecule has 0 radical (unpaired) electrons. The maximum atomic E-state index is 11.9. The van der Waals surface area contributed by atoms with Gasteiger partial charge in [0.05, 0.1) is 11.5 Å². The maximum Gasteiger partial charge on any atom is 0.236 e. The molecule has 2 heterocycles. The fourth-order valence-corrected chi connectivity index (χ4v) is 3.41. The smallest absolute Gasteiger partial charge is 0.236 e. The van der Waals surface area contributed by atoms with Crippen LogP contribution in [0, 0.1) is 0 Å². The molecule has 2 aliphatic carbocycles. The normalized spacial score (nSPS) is 31.1. The van der Waals surface area contributed by atoms with Crippen LogP contribution in [0.3, 0.4) is 0 Å². The second kappa shape index (κ2) is 3.76. The average molecular weight is 259 g/mol. The molecule has 1 aromatic rings. The van der Waals surface area contributed by atoms with Gasteiger partial charge in [-0.05, 0) is 32.1 Å². The fourth-order valence-electron chi connectivity index (χ4n) is 3.41. The molecule has 0 unspecified atom stereocenters. The Morgan fingerprint density at radius 1 is 1.37 bits per heavy atom. The summed E-state index contributed by atoms with van der Waals surface area (Å²) in [5, 5.41) is 12.6. The van der Waals surface area contributed by atoms with Crippen LogP contribution in [0.5, 0.6) is 0 Å². The van der Waals surface area contributed by atoms with Gasteiger partial charge in [0.2, 0.25) is 5.91 Å². The molecule has 2 saturated carbocycles. The lowest BCUT2D eigenvalue weighted by atomic mass is 9.86. The summed E-state index contributed by atoms with van der Waals surface area (Å²) in [6, 6.07) is 0. The third-order valence-electron chi connectivity index (χ3n) is 4.75. The van der Waals surface area contributed by atoms with Crippen molar-refractivity contribution in [2.75, 3.05) is 5.32 Å². The summed E-state index contributed by atoms with van der Waals surface area (Å²) in [4.78, 5) is 20.9. The summed E-state index contributed by atoms with van der Waals surface area (Å²) >= 11 is 0. The van der Waals surface area contributed by atoms with Gasteiger partial charge in [-0.15, -0.1) is 0 Å². The Bertz CT molecular complexity index is 554. The van der Waals surface area contributed by atoms with E-state index < -0.39 is 0 Å². The van der Waals surface area contributed by atoms with E-state index in [1.807, 2.05) is 6.20 Å². The van der Waals surface area contributed by atoms with Crippen molar-refractivity contribution in [3.63, 3.8) is 0 Å². The van der Waals surface area contributed by atoms with Gasteiger partial charge in [-0.3, -0.25) is 4.79 Å². The molecular weight excluding hydrogens is 242 g/mol. The number of aromatic nitrogens is 2. The zero-order valence-electron chi connectivity index (χ0n) is 10.7. The number of aliphatic hydroxyl groups excluding tert-OH is 1. The highest BCUT2D eigenvalue weighted by Gasteiger charge is 2.57. The fraction of sp³-hybridized carbons (Fsp3) is 0.643. The Hall–Kier alpha value is -1.49. The molecule has 0 bridgehead atoms. The lowest BCUT2D eigenvalue weighted by molar-refractivity contribution is -0.117. The molecule has 100 valence electrons. The van der Waals surface area contributed by atoms with E-state index in [-0.39, 0.29) is 23.3 Å². The number of rotatable bonds is 1. The van der Waals surface area contributed by atoms with Crippen molar-refractivity contribution in [1.82, 2.24) is 9.97 Å². The number of fused-ring (bicyclic) bond motifs is 2. The highest BCUT2D eigenvalue weighted by Crippen LogP contribution is 2.54. The van der Waals surface area contributed by atoms with Gasteiger partial charge in [-0.25, -0.2) is 9.97 Å². The number of nitrogens with zero attached hydrogens (tertiary/aromatic N) is 2. The number of carbonyl (C=O) groups is 1. The zero-order chi connectivity index (χ0) is 13.0. The van der Waals surface area contributed by atoms with Crippen molar-refractivity contribution >= 4 is 11.7 Å². The topological polar surface area (TPSA) is 75.1 Å². The summed E-state index contributed by atoms with van der Waals surface area (Å²) < 4.78 is 0. The second-order valence-electron chi connectivity index (χ2n) is 6.04. The first kappa shape index (κ1) is 11.3. The van der Waals surface area contributed by atoms with E-state index in [1.54, 1.807) is 0 Å². The van der Waals surface area contributed by atoms with Crippen molar-refractivity contribution in [2.24, 2.45) is 0 Å². The monoisotopic (exact) mass is 259 g/mol. The van der Waals surface area contributed by atoms with Gasteiger partial charge in [0.15, 0.2) is 0 Å². The summed E-state index contributed by atoms with van der Waals surface area (Å²) in [7, 11) is 0. The van der Waals surface area contributed by atoms with Crippen LogP contribution in [0.25, 0.3) is 0 Å². The van der Waals surface area contributed by atoms with Crippen molar-refractivity contribution in [1.29, 1.82) is 0 Å². The van der Waals surface area contributed by atoms with Crippen LogP contribution in [-0.4, -0.2) is 27.1 Å². The van der Waals surface area contributed by atoms with E-state index in [1.165, 1.54) is 0 Å². The van der Waals surface area contributed by atoms with Gasteiger partial charge in [0.1, 0.15) is 11.6 Å². The Morgan fingerprint density at radius 2 is 2.21 bits per heavy atom. The summed E-state index contributed by atoms with van der Waals surface area (Å²) in [6.07, 6.45) is 7.06. The molecule has 5 nitrogen and oxygen atoms in total. The first-order valence-electron chi connectivity index (χ1n) is 7.06. The largest absolute Gasteiger partial charge is 0.393 e. The average Bonchev–Trinajstić information content (AvgIpc) is 3.14. The Balaban J connectivity index is 1.66. The van der Waals surface area contributed by atoms with Crippen LogP contribution in [0.15, 0.2) is 6.20 Å². The second-order valence-corrected chi connectivity index (χ2v) is 6.04. The van der Waals surface area contributed by atoms with Crippen molar-refractivity contribution in [3.8, 4) is 0 Å². The number of hydrogen-bond donors (Lipinski definition) is 2. The molecule has 0 saturated heterocycles. The lowest BCUT2D eigenvalue weighted by Gasteiger charge is -2.24. The molecule has 2 N–H and O–H groups in total. The maximum absolute atomic E-state index is 11.9. The molecule has 2 atom stereocenters. The molecule has 19 heavy (non-hydrogen) atoms. The molecule has 1 spiro atoms. The Kier molecular flexibility index (Phi) is 2.24. The minimum Gasteiger partial charge on any atom is -0.393 e. The van der Waals surface area contributed by atoms with Gasteiger partial charge < -0.3 is 10.4 Å². The van der Waals surface area contributed by atoms with E-state index in [2.05, 4.69) is 15.3 Å². The molecule has 1 aromatic heterocycles. The van der Waals surface area contributed by atoms with Crippen molar-refractivity contribution in [3.05, 3.63) is 17.6 Å². The zero-order valence-corrected chi connectivity index (χ0v) is 10.7. The summed E-state index contributed by atoms with van der Waals surface area (Å²) in [5.74, 6) is 1.78. The molecule has 3 aliphatic rings. The van der Waals surface area contributed by atoms with E-state index in [0.717, 1.165) is 49.9 Å². The van der Waals surface area contributed by atoms with Gasteiger partial charge in [0, 0.05) is 17.7 Å². The highest BCUT2D eigenvalue weighted by molar-refractivity contribution is 6.07. The number of carbonyl (C=O) groups excluding carboxylic acids is 1. The molecule has 0 aromatic carbocycles. The van der Waals surface area contributed by atoms with Gasteiger partial charge in [0.25, 0.3) is 0 Å². The predicted octanol–water partition coefficient (Wildman–Crippen LogP) is 1.48. The summed E-state index contributed by atoms with van der Waals surface area (Å²) in [6.45, 7) is 0. The molecule has 4 rings (SSSR count). The first-order valence-corrected chi connectivity index (χ1v) is 7.06. The Morgan fingerprint density at radius 3 is 2.95 bits per heavy atom. The SMILES string of the molecule is O=C1Nc2nc([C@@H]3CCC[C@@H](O)C3)ncc2C12CC2. The standard InChI is InChI=1S/C14H17N3O2/c18-9-3-1-2-8(6-9)11-15-7-10-12(16-11)17-13(19)14(10)4-5-14/h7-9,18H,1-6H2,(H,15,16,17,19)/t8-,9-/m1/s1. The molecule has 2 fully saturated rings. The molecule has 1 amide bonds. The van der Waals surface area contributed by atoms with Crippen molar-refractivity contribution in [2.45, 2.75) is 56.0 Å². The number of aliphatic hydroxyl groups is 1. The van der Waals surface area contributed by atoms with Gasteiger partial charge in [-0.2, -0.15) is 0 Å². The molecule has 1 aliphatic heterocycles. The number of amides is 1. The van der Waals surface area contributed by atoms with E-state index in [0.29, 0.717) is 5.82 Å². The van der Waals surface area contributed by atoms with Crippen LogP contribution in [0.2, 0.25) is 0 Å². The third kappa shape index (κ3) is 1.61. The van der Waals surface area contributed by atoms with Gasteiger partial charge >= 0.3 is 0 Å². The highest BCUT2D eigenvalue weighted by atomic mass is 16.3. The lowest BCUT2D eigenvalue weighted by Crippen LogP contribution is -2.20. The quantitative estimate of drug-likeness (QED) is 0.801. The van der Waals surface area contributed by atoms with Crippen LogP contribution in [0.4, 0.5) is 5.82 Å². The van der Waals surface area contributed by atoms with Crippen molar-refractivity contribution < 1.29 is 9.90 Å². The van der Waals surface area contributed by atoms with Gasteiger partial charge in [-0.1, -0.05) is 6.42 Å². The van der Waals surface area contributed by atoms with Crippen LogP contribution < -0.4 is 5.32 Å². The minimum atomic E-state index is -0.306. The summed E-state index contributed by atoms with van der Waals surface area (Å²) in [5.41, 5.74) is 0.664. The number of hydrogen-bond acceptors (Lipinski definition) is 4. The van der Waals surface area contributed by atoms with Crippen LogP contribution >= 0.6 is 0 Å². The third-order valence-corrected chi connectivity index (χ3v) is 4.75.